The third-order valence-corrected chi connectivity index (χ3v) is 4.64. The van der Waals surface area contributed by atoms with Crippen LogP contribution in [0.25, 0.3) is 0 Å². The lowest BCUT2D eigenvalue weighted by Crippen LogP contribution is -2.40. The van der Waals surface area contributed by atoms with E-state index in [1.165, 1.54) is 0 Å². The first kappa shape index (κ1) is 18.0. The molecule has 0 aromatic heterocycles. The van der Waals surface area contributed by atoms with Crippen LogP contribution in [0.5, 0.6) is 0 Å². The van der Waals surface area contributed by atoms with Crippen molar-refractivity contribution in [3.8, 4) is 0 Å². The molecule has 0 aliphatic carbocycles. The number of nitrogens with one attached hydrogen (secondary N) is 1. The van der Waals surface area contributed by atoms with Gasteiger partial charge in [-0.25, -0.2) is 0 Å². The van der Waals surface area contributed by atoms with Crippen LogP contribution in [0.15, 0.2) is 42.5 Å². The van der Waals surface area contributed by atoms with E-state index in [-0.39, 0.29) is 18.4 Å². The molecule has 0 spiro atoms. The Bertz CT molecular complexity index is 812. The Hall–Kier alpha value is -2.82. The van der Waals surface area contributed by atoms with Crippen molar-refractivity contribution in [3.63, 3.8) is 0 Å². The van der Waals surface area contributed by atoms with Crippen LogP contribution in [-0.2, 0) is 4.79 Å². The van der Waals surface area contributed by atoms with Crippen LogP contribution in [0, 0.1) is 13.8 Å². The fourth-order valence-electron chi connectivity index (χ4n) is 3.44. The van der Waals surface area contributed by atoms with E-state index in [9.17, 15) is 9.59 Å². The van der Waals surface area contributed by atoms with Crippen molar-refractivity contribution in [1.29, 1.82) is 0 Å². The molecule has 2 aromatic carbocycles. The van der Waals surface area contributed by atoms with Gasteiger partial charge in [-0.3, -0.25) is 9.59 Å². The van der Waals surface area contributed by atoms with Crippen molar-refractivity contribution in [2.24, 2.45) is 0 Å². The maximum Gasteiger partial charge on any atom is 0.251 e. The van der Waals surface area contributed by atoms with Gasteiger partial charge >= 0.3 is 0 Å². The Balaban J connectivity index is 1.72. The summed E-state index contributed by atoms with van der Waals surface area (Å²) in [5.41, 5.74) is 4.60. The highest BCUT2D eigenvalue weighted by Gasteiger charge is 2.23. The molecule has 5 nitrogen and oxygen atoms in total. The Labute approximate surface area is 154 Å². The smallest absolute Gasteiger partial charge is 0.251 e. The molecular formula is C21H25N3O2. The molecule has 0 saturated heterocycles. The van der Waals surface area contributed by atoms with Gasteiger partial charge in [0.15, 0.2) is 0 Å². The second-order valence-electron chi connectivity index (χ2n) is 6.87. The molecule has 1 heterocycles. The molecule has 1 aliphatic rings. The minimum Gasteiger partial charge on any atom is -0.373 e. The second-order valence-corrected chi connectivity index (χ2v) is 6.87. The number of hydrogen-bond acceptors (Lipinski definition) is 3. The largest absolute Gasteiger partial charge is 0.373 e. The number of fused-ring (bicyclic) bond motifs is 1. The summed E-state index contributed by atoms with van der Waals surface area (Å²) in [6.45, 7) is 5.46. The standard InChI is InChI=1S/C21H25N3O2/c1-15-11-16(2)13-17(12-15)21(26)22-14-20(25)24-10-6-9-23(3)18-7-4-5-8-19(18)24/h4-5,7-8,11-13H,6,9-10,14H2,1-3H3,(H,22,26). The van der Waals surface area contributed by atoms with Crippen molar-refractivity contribution in [1.82, 2.24) is 5.32 Å². The molecule has 5 heteroatoms. The van der Waals surface area contributed by atoms with Gasteiger partial charge in [0.1, 0.15) is 0 Å². The zero-order valence-corrected chi connectivity index (χ0v) is 15.6. The van der Waals surface area contributed by atoms with Crippen LogP contribution in [0.3, 0.4) is 0 Å². The minimum atomic E-state index is -0.217. The van der Waals surface area contributed by atoms with E-state index in [4.69, 9.17) is 0 Å². The summed E-state index contributed by atoms with van der Waals surface area (Å²) in [7, 11) is 2.04. The lowest BCUT2D eigenvalue weighted by molar-refractivity contribution is -0.117. The second kappa shape index (κ2) is 7.60. The topological polar surface area (TPSA) is 52.7 Å². The number of anilines is 2. The van der Waals surface area contributed by atoms with Crippen LogP contribution in [0.4, 0.5) is 11.4 Å². The Kier molecular flexibility index (Phi) is 5.26. The number of carbonyl (C=O) groups is 2. The SMILES string of the molecule is Cc1cc(C)cc(C(=O)NCC(=O)N2CCCN(C)c3ccccc32)c1. The van der Waals surface area contributed by atoms with E-state index in [1.54, 1.807) is 4.90 Å². The number of amides is 2. The summed E-state index contributed by atoms with van der Waals surface area (Å²) in [5, 5.41) is 2.77. The average molecular weight is 351 g/mol. The summed E-state index contributed by atoms with van der Waals surface area (Å²) in [4.78, 5) is 29.1. The molecule has 3 rings (SSSR count). The Morgan fingerprint density at radius 2 is 1.65 bits per heavy atom. The highest BCUT2D eigenvalue weighted by molar-refractivity contribution is 6.02. The zero-order chi connectivity index (χ0) is 18.7. The summed E-state index contributed by atoms with van der Waals surface area (Å²) in [6, 6.07) is 13.6. The van der Waals surface area contributed by atoms with Gasteiger partial charge in [0.25, 0.3) is 5.91 Å². The van der Waals surface area contributed by atoms with E-state index < -0.39 is 0 Å². The normalized spacial score (nSPS) is 13.8. The minimum absolute atomic E-state index is 0.0100. The van der Waals surface area contributed by atoms with Crippen LogP contribution < -0.4 is 15.1 Å². The molecule has 1 aliphatic heterocycles. The number of benzene rings is 2. The summed E-state index contributed by atoms with van der Waals surface area (Å²) in [6.07, 6.45) is 0.891. The van der Waals surface area contributed by atoms with Crippen LogP contribution >= 0.6 is 0 Å². The van der Waals surface area contributed by atoms with Gasteiger partial charge in [0, 0.05) is 25.7 Å². The third-order valence-electron chi connectivity index (χ3n) is 4.64. The van der Waals surface area contributed by atoms with Crippen LogP contribution in [0.1, 0.15) is 27.9 Å². The molecule has 2 amide bonds. The van der Waals surface area contributed by atoms with E-state index in [0.29, 0.717) is 12.1 Å². The number of hydrogen-bond donors (Lipinski definition) is 1. The lowest BCUT2D eigenvalue weighted by Gasteiger charge is -2.24. The molecule has 0 unspecified atom stereocenters. The van der Waals surface area contributed by atoms with Gasteiger partial charge < -0.3 is 15.1 Å². The summed E-state index contributed by atoms with van der Waals surface area (Å²) < 4.78 is 0. The number of carbonyl (C=O) groups excluding carboxylic acids is 2. The first-order valence-electron chi connectivity index (χ1n) is 8.93. The molecule has 0 bridgehead atoms. The number of rotatable bonds is 3. The Morgan fingerprint density at radius 1 is 1.00 bits per heavy atom. The summed E-state index contributed by atoms with van der Waals surface area (Å²) in [5.74, 6) is -0.309. The van der Waals surface area contributed by atoms with Crippen molar-refractivity contribution in [2.45, 2.75) is 20.3 Å². The number of nitrogens with zero attached hydrogens (tertiary/aromatic N) is 2. The van der Waals surface area contributed by atoms with Gasteiger partial charge in [-0.2, -0.15) is 0 Å². The van der Waals surface area contributed by atoms with Gasteiger partial charge in [-0.05, 0) is 44.5 Å². The molecule has 2 aromatic rings. The van der Waals surface area contributed by atoms with Crippen molar-refractivity contribution in [2.75, 3.05) is 36.5 Å². The van der Waals surface area contributed by atoms with Crippen LogP contribution in [-0.4, -0.2) is 38.5 Å². The fourth-order valence-corrected chi connectivity index (χ4v) is 3.44. The predicted octanol–water partition coefficient (Wildman–Crippen LogP) is 2.91. The van der Waals surface area contributed by atoms with Gasteiger partial charge in [0.05, 0.1) is 17.9 Å². The first-order valence-corrected chi connectivity index (χ1v) is 8.93. The maximum atomic E-state index is 12.8. The predicted molar refractivity (Wildman–Crippen MR) is 105 cm³/mol. The molecule has 1 N–H and O–H groups in total. The molecule has 0 atom stereocenters. The van der Waals surface area contributed by atoms with E-state index in [1.807, 2.05) is 63.4 Å². The van der Waals surface area contributed by atoms with Crippen LogP contribution in [0.2, 0.25) is 0 Å². The lowest BCUT2D eigenvalue weighted by atomic mass is 10.1. The number of aryl methyl sites for hydroxylation is 2. The fraction of sp³-hybridized carbons (Fsp3) is 0.333. The van der Waals surface area contributed by atoms with Gasteiger partial charge in [0.2, 0.25) is 5.91 Å². The van der Waals surface area contributed by atoms with Crippen molar-refractivity contribution in [3.05, 3.63) is 59.2 Å². The Morgan fingerprint density at radius 3 is 2.35 bits per heavy atom. The summed E-state index contributed by atoms with van der Waals surface area (Å²) >= 11 is 0. The monoisotopic (exact) mass is 351 g/mol. The molecule has 0 radical (unpaired) electrons. The molecule has 136 valence electrons. The quantitative estimate of drug-likeness (QED) is 0.925. The first-order chi connectivity index (χ1) is 12.5. The third kappa shape index (κ3) is 3.87. The number of para-hydroxylation sites is 2. The molecule has 0 saturated carbocycles. The van der Waals surface area contributed by atoms with Crippen molar-refractivity contribution >= 4 is 23.2 Å². The molecular weight excluding hydrogens is 326 g/mol. The zero-order valence-electron chi connectivity index (χ0n) is 15.6. The average Bonchev–Trinajstić information content (AvgIpc) is 2.78. The highest BCUT2D eigenvalue weighted by atomic mass is 16.2. The molecule has 0 fully saturated rings. The van der Waals surface area contributed by atoms with E-state index in [2.05, 4.69) is 10.2 Å². The van der Waals surface area contributed by atoms with Gasteiger partial charge in [-0.1, -0.05) is 29.3 Å². The van der Waals surface area contributed by atoms with Gasteiger partial charge in [-0.15, -0.1) is 0 Å². The maximum absolute atomic E-state index is 12.8. The van der Waals surface area contributed by atoms with E-state index in [0.717, 1.165) is 35.5 Å². The molecule has 26 heavy (non-hydrogen) atoms. The highest BCUT2D eigenvalue weighted by Crippen LogP contribution is 2.31. The van der Waals surface area contributed by atoms with E-state index >= 15 is 0 Å². The van der Waals surface area contributed by atoms with Crippen molar-refractivity contribution < 1.29 is 9.59 Å².